The van der Waals surface area contributed by atoms with Crippen LogP contribution in [0, 0.1) is 0 Å². The second-order valence-corrected chi connectivity index (χ2v) is 13.5. The number of esters is 2. The van der Waals surface area contributed by atoms with Gasteiger partial charge >= 0.3 is 11.9 Å². The first-order valence-electron chi connectivity index (χ1n) is 20.6. The molecule has 0 aliphatic carbocycles. The number of carbonyl (C=O) groups is 2. The Morgan fingerprint density at radius 1 is 0.569 bits per heavy atom. The number of aliphatic hydroxyl groups excluding tert-OH is 2. The van der Waals surface area contributed by atoms with Gasteiger partial charge in [-0.15, -0.1) is 0 Å². The van der Waals surface area contributed by atoms with E-state index in [2.05, 4.69) is 50.3 Å². The first kappa shape index (κ1) is 48.3. The summed E-state index contributed by atoms with van der Waals surface area (Å²) in [6.45, 7) is 3.88. The van der Waals surface area contributed by atoms with E-state index in [-0.39, 0.29) is 19.0 Å². The average molecular weight is 713 g/mol. The van der Waals surface area contributed by atoms with Crippen molar-refractivity contribution in [3.05, 3.63) is 72.9 Å². The first-order valence-corrected chi connectivity index (χ1v) is 20.6. The Hall–Kier alpha value is -2.70. The van der Waals surface area contributed by atoms with Gasteiger partial charge in [-0.25, -0.2) is 0 Å². The van der Waals surface area contributed by atoms with Gasteiger partial charge in [0.1, 0.15) is 6.61 Å². The van der Waals surface area contributed by atoms with E-state index in [0.29, 0.717) is 19.3 Å². The fraction of sp³-hybridized carbons (Fsp3) is 0.689. The van der Waals surface area contributed by atoms with Gasteiger partial charge in [0.25, 0.3) is 0 Å². The van der Waals surface area contributed by atoms with Crippen molar-refractivity contribution in [2.45, 2.75) is 187 Å². The summed E-state index contributed by atoms with van der Waals surface area (Å²) in [7, 11) is 0. The van der Waals surface area contributed by atoms with Crippen molar-refractivity contribution in [2.24, 2.45) is 0 Å². The van der Waals surface area contributed by atoms with E-state index < -0.39 is 24.8 Å². The lowest BCUT2D eigenvalue weighted by Crippen LogP contribution is -2.28. The maximum atomic E-state index is 12.2. The number of ether oxygens (including phenoxy) is 2. The van der Waals surface area contributed by atoms with Gasteiger partial charge in [0.2, 0.25) is 0 Å². The van der Waals surface area contributed by atoms with E-state index in [1.54, 1.807) is 6.08 Å². The summed E-state index contributed by atoms with van der Waals surface area (Å²) in [6.07, 6.45) is 50.0. The number of aliphatic hydroxyl groups is 2. The van der Waals surface area contributed by atoms with Gasteiger partial charge in [-0.2, -0.15) is 0 Å². The molecule has 0 aromatic heterocycles. The fourth-order valence-electron chi connectivity index (χ4n) is 5.49. The van der Waals surface area contributed by atoms with Gasteiger partial charge in [0, 0.05) is 12.8 Å². The average Bonchev–Trinajstić information content (AvgIpc) is 3.13. The van der Waals surface area contributed by atoms with Gasteiger partial charge in [0.05, 0.1) is 12.7 Å². The SMILES string of the molecule is CC/C=C\C/C=C\C/C=C\C/C=C\C=C/C(O)C/C=C\CCC(=O)O[C@@H](CO)COC(=O)CCCCCCCCCCCCCCCCCCC. The van der Waals surface area contributed by atoms with Gasteiger partial charge < -0.3 is 19.7 Å². The molecule has 0 saturated heterocycles. The van der Waals surface area contributed by atoms with Crippen molar-refractivity contribution in [1.29, 1.82) is 0 Å². The molecule has 0 rings (SSSR count). The highest BCUT2D eigenvalue weighted by atomic mass is 16.6. The van der Waals surface area contributed by atoms with Crippen molar-refractivity contribution in [3.63, 3.8) is 0 Å². The summed E-state index contributed by atoms with van der Waals surface area (Å²) in [5.74, 6) is -0.773. The van der Waals surface area contributed by atoms with Crippen LogP contribution in [0.15, 0.2) is 72.9 Å². The van der Waals surface area contributed by atoms with Crippen LogP contribution in [-0.2, 0) is 19.1 Å². The topological polar surface area (TPSA) is 93.1 Å². The molecule has 0 aromatic carbocycles. The summed E-state index contributed by atoms with van der Waals surface area (Å²) in [5, 5.41) is 19.7. The van der Waals surface area contributed by atoms with E-state index in [4.69, 9.17) is 9.47 Å². The molecule has 0 fully saturated rings. The molecule has 2 atom stereocenters. The highest BCUT2D eigenvalue weighted by Crippen LogP contribution is 2.14. The Morgan fingerprint density at radius 3 is 1.61 bits per heavy atom. The molecule has 6 nitrogen and oxygen atoms in total. The van der Waals surface area contributed by atoms with Crippen LogP contribution in [-0.4, -0.2) is 47.6 Å². The van der Waals surface area contributed by atoms with Crippen LogP contribution in [0.3, 0.4) is 0 Å². The molecule has 0 heterocycles. The van der Waals surface area contributed by atoms with Crippen molar-refractivity contribution < 1.29 is 29.3 Å². The smallest absolute Gasteiger partial charge is 0.306 e. The van der Waals surface area contributed by atoms with Crippen LogP contribution >= 0.6 is 0 Å². The molecule has 0 amide bonds. The van der Waals surface area contributed by atoms with Crippen molar-refractivity contribution in [3.8, 4) is 0 Å². The number of hydrogen-bond donors (Lipinski definition) is 2. The molecule has 1 unspecified atom stereocenters. The number of hydrogen-bond acceptors (Lipinski definition) is 6. The third kappa shape index (κ3) is 38.4. The predicted octanol–water partition coefficient (Wildman–Crippen LogP) is 11.9. The second kappa shape index (κ2) is 40.1. The number of rotatable bonds is 36. The highest BCUT2D eigenvalue weighted by molar-refractivity contribution is 5.70. The van der Waals surface area contributed by atoms with E-state index in [1.165, 1.54) is 89.9 Å². The van der Waals surface area contributed by atoms with E-state index in [0.717, 1.165) is 44.9 Å². The minimum atomic E-state index is -0.855. The number of carbonyl (C=O) groups excluding carboxylic acids is 2. The zero-order valence-electron chi connectivity index (χ0n) is 32.7. The van der Waals surface area contributed by atoms with Crippen LogP contribution in [0.2, 0.25) is 0 Å². The van der Waals surface area contributed by atoms with Crippen molar-refractivity contribution in [1.82, 2.24) is 0 Å². The quantitative estimate of drug-likeness (QED) is 0.0291. The largest absolute Gasteiger partial charge is 0.462 e. The molecule has 0 spiro atoms. The molecule has 0 aromatic rings. The summed E-state index contributed by atoms with van der Waals surface area (Å²) in [5.41, 5.74) is 0. The van der Waals surface area contributed by atoms with Crippen LogP contribution in [0.5, 0.6) is 0 Å². The standard InChI is InChI=1S/C45H76O6/c1-3-5-7-9-11-13-15-17-18-19-20-22-24-26-28-30-34-38-44(48)50-41-43(40-46)51-45(49)39-35-31-33-37-42(47)36-32-29-27-25-23-21-16-14-12-10-8-6-4-2/h6,8,12,14,21,23,27,29,31-33,36,42-43,46-47H,3-5,7,9-11,13,15-20,22,24-26,28,30,34-35,37-41H2,1-2H3/b8-6-,14-12-,23-21-,29-27-,33-31-,36-32-/t42?,43-/m0/s1. The lowest BCUT2D eigenvalue weighted by molar-refractivity contribution is -0.161. The molecule has 0 saturated carbocycles. The molecule has 6 heteroatoms. The maximum Gasteiger partial charge on any atom is 0.306 e. The lowest BCUT2D eigenvalue weighted by Gasteiger charge is -2.15. The molecule has 2 N–H and O–H groups in total. The van der Waals surface area contributed by atoms with Crippen LogP contribution in [0.1, 0.15) is 174 Å². The molecule has 0 aliphatic rings. The second-order valence-electron chi connectivity index (χ2n) is 13.5. The number of unbranched alkanes of at least 4 members (excludes halogenated alkanes) is 16. The number of allylic oxidation sites excluding steroid dienone is 10. The normalized spacial score (nSPS) is 13.6. The third-order valence-electron chi connectivity index (χ3n) is 8.61. The molecule has 0 radical (unpaired) electrons. The molecule has 0 aliphatic heterocycles. The van der Waals surface area contributed by atoms with E-state index >= 15 is 0 Å². The highest BCUT2D eigenvalue weighted by Gasteiger charge is 2.15. The van der Waals surface area contributed by atoms with Gasteiger partial charge in [-0.05, 0) is 44.9 Å². The third-order valence-corrected chi connectivity index (χ3v) is 8.61. The Labute approximate surface area is 313 Å². The molecule has 292 valence electrons. The minimum absolute atomic E-state index is 0.131. The van der Waals surface area contributed by atoms with Crippen molar-refractivity contribution >= 4 is 11.9 Å². The molecular formula is C45H76O6. The Bertz CT molecular complexity index is 960. The summed E-state index contributed by atoms with van der Waals surface area (Å²) >= 11 is 0. The zero-order valence-corrected chi connectivity index (χ0v) is 32.7. The summed E-state index contributed by atoms with van der Waals surface area (Å²) < 4.78 is 10.5. The Balaban J connectivity index is 3.77. The molecule has 0 bridgehead atoms. The maximum absolute atomic E-state index is 12.2. The lowest BCUT2D eigenvalue weighted by atomic mass is 10.0. The predicted molar refractivity (Wildman–Crippen MR) is 216 cm³/mol. The van der Waals surface area contributed by atoms with Crippen LogP contribution in [0.4, 0.5) is 0 Å². The monoisotopic (exact) mass is 713 g/mol. The Morgan fingerprint density at radius 2 is 1.08 bits per heavy atom. The zero-order chi connectivity index (χ0) is 37.3. The van der Waals surface area contributed by atoms with E-state index in [9.17, 15) is 19.8 Å². The van der Waals surface area contributed by atoms with Crippen molar-refractivity contribution in [2.75, 3.05) is 13.2 Å². The van der Waals surface area contributed by atoms with E-state index in [1.807, 2.05) is 30.4 Å². The first-order chi connectivity index (χ1) is 25.0. The fourth-order valence-corrected chi connectivity index (χ4v) is 5.49. The van der Waals surface area contributed by atoms with Gasteiger partial charge in [0.15, 0.2) is 6.10 Å². The van der Waals surface area contributed by atoms with Gasteiger partial charge in [-0.3, -0.25) is 9.59 Å². The Kier molecular flexibility index (Phi) is 38.0. The summed E-state index contributed by atoms with van der Waals surface area (Å²) in [4.78, 5) is 24.3. The van der Waals surface area contributed by atoms with Crippen LogP contribution < -0.4 is 0 Å². The molecular weight excluding hydrogens is 636 g/mol. The van der Waals surface area contributed by atoms with Gasteiger partial charge in [-0.1, -0.05) is 189 Å². The van der Waals surface area contributed by atoms with Crippen LogP contribution in [0.25, 0.3) is 0 Å². The minimum Gasteiger partial charge on any atom is -0.462 e. The molecule has 51 heavy (non-hydrogen) atoms. The summed E-state index contributed by atoms with van der Waals surface area (Å²) in [6, 6.07) is 0.